The highest BCUT2D eigenvalue weighted by atomic mass is 16.5. The fraction of sp³-hybridized carbons (Fsp3) is 0.500. The van der Waals surface area contributed by atoms with Gasteiger partial charge < -0.3 is 9.39 Å². The molecule has 1 heterocycles. The minimum absolute atomic E-state index is 0.542. The number of benzene rings is 1. The lowest BCUT2D eigenvalue weighted by atomic mass is 9.85. The zero-order valence-electron chi connectivity index (χ0n) is 9.88. The zero-order valence-corrected chi connectivity index (χ0v) is 9.88. The van der Waals surface area contributed by atoms with E-state index >= 15 is 0 Å². The molecule has 0 fully saturated rings. The van der Waals surface area contributed by atoms with E-state index in [0.717, 1.165) is 36.3 Å². The summed E-state index contributed by atoms with van der Waals surface area (Å²) in [5.74, 6) is 1.87. The molecule has 0 unspecified atom stereocenters. The quantitative estimate of drug-likeness (QED) is 0.475. The summed E-state index contributed by atoms with van der Waals surface area (Å²) >= 11 is 0. The Labute approximate surface area is 97.4 Å². The van der Waals surface area contributed by atoms with Crippen LogP contribution in [0.25, 0.3) is 0 Å². The van der Waals surface area contributed by atoms with Gasteiger partial charge in [-0.25, -0.2) is 0 Å². The summed E-state index contributed by atoms with van der Waals surface area (Å²) in [5.41, 5.74) is 2.36. The molecular weight excluding hydrogens is 201 g/mol. The largest absolute Gasteiger partial charge is 0.563 e. The second-order valence-corrected chi connectivity index (χ2v) is 3.89. The van der Waals surface area contributed by atoms with Crippen molar-refractivity contribution in [3.05, 3.63) is 23.3 Å². The van der Waals surface area contributed by atoms with Gasteiger partial charge in [0.25, 0.3) is 0 Å². The van der Waals surface area contributed by atoms with Gasteiger partial charge in [0.1, 0.15) is 18.2 Å². The SMILES string of the molecule is CCNCOc1ccc2c(c1C)O[B]CC2. The number of fused-ring (bicyclic) bond motifs is 1. The van der Waals surface area contributed by atoms with Crippen LogP contribution in [-0.4, -0.2) is 20.8 Å². The average Bonchev–Trinajstić information content (AvgIpc) is 2.33. The number of hydrogen-bond donors (Lipinski definition) is 1. The highest BCUT2D eigenvalue weighted by Crippen LogP contribution is 2.34. The molecule has 0 aromatic heterocycles. The molecule has 0 aliphatic carbocycles. The third-order valence-electron chi connectivity index (χ3n) is 2.75. The molecule has 16 heavy (non-hydrogen) atoms. The Bertz CT molecular complexity index is 368. The molecule has 0 spiro atoms. The van der Waals surface area contributed by atoms with Crippen molar-refractivity contribution in [2.75, 3.05) is 13.3 Å². The molecule has 1 aliphatic heterocycles. The summed E-state index contributed by atoms with van der Waals surface area (Å²) < 4.78 is 11.2. The van der Waals surface area contributed by atoms with Gasteiger partial charge in [-0.3, -0.25) is 5.32 Å². The standard InChI is InChI=1S/C12H17BNO2/c1-3-14-8-15-11-5-4-10-6-7-13-16-12(10)9(11)2/h4-5,14H,3,6-8H2,1-2H3. The minimum Gasteiger partial charge on any atom is -0.563 e. The summed E-state index contributed by atoms with van der Waals surface area (Å²) in [6.07, 6.45) is 2.05. The molecule has 0 saturated heterocycles. The first-order valence-corrected chi connectivity index (χ1v) is 5.77. The van der Waals surface area contributed by atoms with Crippen LogP contribution in [0.15, 0.2) is 12.1 Å². The minimum atomic E-state index is 0.542. The van der Waals surface area contributed by atoms with Crippen LogP contribution < -0.4 is 14.7 Å². The fourth-order valence-electron chi connectivity index (χ4n) is 1.83. The Morgan fingerprint density at radius 1 is 1.50 bits per heavy atom. The van der Waals surface area contributed by atoms with Gasteiger partial charge >= 0.3 is 7.48 Å². The normalized spacial score (nSPS) is 13.6. The molecule has 4 heteroatoms. The Hall–Kier alpha value is -1.16. The van der Waals surface area contributed by atoms with E-state index in [4.69, 9.17) is 9.39 Å². The van der Waals surface area contributed by atoms with Crippen molar-refractivity contribution in [2.24, 2.45) is 0 Å². The third-order valence-corrected chi connectivity index (χ3v) is 2.75. The van der Waals surface area contributed by atoms with E-state index in [1.165, 1.54) is 5.56 Å². The number of nitrogens with one attached hydrogen (secondary N) is 1. The summed E-state index contributed by atoms with van der Waals surface area (Å²) in [6.45, 7) is 5.55. The van der Waals surface area contributed by atoms with Gasteiger partial charge in [0.2, 0.25) is 0 Å². The van der Waals surface area contributed by atoms with E-state index in [0.29, 0.717) is 6.73 Å². The van der Waals surface area contributed by atoms with E-state index in [9.17, 15) is 0 Å². The maximum Gasteiger partial charge on any atom is 0.370 e. The monoisotopic (exact) mass is 218 g/mol. The van der Waals surface area contributed by atoms with Crippen LogP contribution >= 0.6 is 0 Å². The number of hydrogen-bond acceptors (Lipinski definition) is 3. The number of aryl methyl sites for hydroxylation is 1. The van der Waals surface area contributed by atoms with Crippen LogP contribution in [0.2, 0.25) is 6.32 Å². The predicted octanol–water partition coefficient (Wildman–Crippen LogP) is 1.91. The highest BCUT2D eigenvalue weighted by molar-refractivity contribution is 6.29. The molecule has 2 rings (SSSR count). The van der Waals surface area contributed by atoms with Crippen LogP contribution in [0, 0.1) is 6.92 Å². The van der Waals surface area contributed by atoms with Crippen molar-refractivity contribution in [3.8, 4) is 11.5 Å². The van der Waals surface area contributed by atoms with E-state index in [-0.39, 0.29) is 0 Å². The molecule has 0 saturated carbocycles. The highest BCUT2D eigenvalue weighted by Gasteiger charge is 2.16. The summed E-state index contributed by atoms with van der Waals surface area (Å²) in [7, 11) is 1.86. The Kier molecular flexibility index (Phi) is 3.72. The first-order chi connectivity index (χ1) is 7.83. The Morgan fingerprint density at radius 2 is 2.38 bits per heavy atom. The maximum atomic E-state index is 5.64. The molecule has 1 aliphatic rings. The van der Waals surface area contributed by atoms with Crippen LogP contribution in [0.5, 0.6) is 11.5 Å². The number of rotatable bonds is 4. The van der Waals surface area contributed by atoms with Gasteiger partial charge in [0, 0.05) is 5.56 Å². The zero-order chi connectivity index (χ0) is 11.4. The van der Waals surface area contributed by atoms with Crippen molar-refractivity contribution in [1.82, 2.24) is 5.32 Å². The molecule has 1 radical (unpaired) electrons. The van der Waals surface area contributed by atoms with Crippen molar-refractivity contribution >= 4 is 7.48 Å². The lowest BCUT2D eigenvalue weighted by Gasteiger charge is -2.20. The summed E-state index contributed by atoms with van der Waals surface area (Å²) in [4.78, 5) is 0. The molecule has 3 nitrogen and oxygen atoms in total. The molecule has 0 amide bonds. The van der Waals surface area contributed by atoms with E-state index < -0.39 is 0 Å². The molecule has 85 valence electrons. The van der Waals surface area contributed by atoms with Crippen molar-refractivity contribution in [2.45, 2.75) is 26.6 Å². The topological polar surface area (TPSA) is 30.5 Å². The molecule has 1 aromatic carbocycles. The smallest absolute Gasteiger partial charge is 0.370 e. The summed E-state index contributed by atoms with van der Waals surface area (Å²) in [5, 5.41) is 3.13. The van der Waals surface area contributed by atoms with E-state index in [1.54, 1.807) is 0 Å². The lowest BCUT2D eigenvalue weighted by molar-refractivity contribution is 0.284. The molecular formula is C12H17BNO2. The number of ether oxygens (including phenoxy) is 1. The van der Waals surface area contributed by atoms with E-state index in [2.05, 4.69) is 18.3 Å². The van der Waals surface area contributed by atoms with Crippen molar-refractivity contribution in [1.29, 1.82) is 0 Å². The van der Waals surface area contributed by atoms with Gasteiger partial charge in [-0.2, -0.15) is 0 Å². The van der Waals surface area contributed by atoms with Crippen molar-refractivity contribution < 1.29 is 9.39 Å². The maximum absolute atomic E-state index is 5.64. The van der Waals surface area contributed by atoms with Gasteiger partial charge in [-0.05, 0) is 37.8 Å². The van der Waals surface area contributed by atoms with Crippen LogP contribution in [0.3, 0.4) is 0 Å². The predicted molar refractivity (Wildman–Crippen MR) is 65.2 cm³/mol. The Balaban J connectivity index is 2.14. The third kappa shape index (κ3) is 2.32. The molecule has 0 bridgehead atoms. The van der Waals surface area contributed by atoms with Gasteiger partial charge in [-0.1, -0.05) is 13.0 Å². The van der Waals surface area contributed by atoms with Gasteiger partial charge in [0.15, 0.2) is 0 Å². The first-order valence-electron chi connectivity index (χ1n) is 5.77. The molecule has 1 aromatic rings. The summed E-state index contributed by atoms with van der Waals surface area (Å²) in [6, 6.07) is 4.12. The average molecular weight is 218 g/mol. The van der Waals surface area contributed by atoms with Crippen molar-refractivity contribution in [3.63, 3.8) is 0 Å². The van der Waals surface area contributed by atoms with E-state index in [1.807, 2.05) is 20.5 Å². The molecule has 1 N–H and O–H groups in total. The van der Waals surface area contributed by atoms with Crippen LogP contribution in [0.1, 0.15) is 18.1 Å². The molecule has 0 atom stereocenters. The van der Waals surface area contributed by atoms with Crippen LogP contribution in [-0.2, 0) is 6.42 Å². The van der Waals surface area contributed by atoms with Gasteiger partial charge in [-0.15, -0.1) is 0 Å². The van der Waals surface area contributed by atoms with Gasteiger partial charge in [0.05, 0.1) is 0 Å². The lowest BCUT2D eigenvalue weighted by Crippen LogP contribution is -2.20. The Morgan fingerprint density at radius 3 is 3.19 bits per heavy atom. The second-order valence-electron chi connectivity index (χ2n) is 3.89. The first kappa shape index (κ1) is 11.3. The fourth-order valence-corrected chi connectivity index (χ4v) is 1.83. The second kappa shape index (κ2) is 5.26. The van der Waals surface area contributed by atoms with Crippen LogP contribution in [0.4, 0.5) is 0 Å².